The van der Waals surface area contributed by atoms with Gasteiger partial charge in [-0.05, 0) is 65.4 Å². The average Bonchev–Trinajstić information content (AvgIpc) is 2.92. The molecule has 0 atom stereocenters. The Morgan fingerprint density at radius 2 is 1.84 bits per heavy atom. The summed E-state index contributed by atoms with van der Waals surface area (Å²) < 4.78 is 8.24. The average molecular weight is 574 g/mol. The molecule has 0 spiro atoms. The molecule has 0 aliphatic carbocycles. The van der Waals surface area contributed by atoms with Crippen LogP contribution in [0.5, 0.6) is 0 Å². The molecule has 0 unspecified atom stereocenters. The van der Waals surface area contributed by atoms with Crippen molar-refractivity contribution in [1.29, 1.82) is 0 Å². The fourth-order valence-electron chi connectivity index (χ4n) is 4.54. The van der Waals surface area contributed by atoms with Crippen LogP contribution in [0.15, 0.2) is 76.5 Å². The van der Waals surface area contributed by atoms with E-state index in [1.54, 1.807) is 24.5 Å². The van der Waals surface area contributed by atoms with Gasteiger partial charge in [0.2, 0.25) is 5.43 Å². The van der Waals surface area contributed by atoms with Crippen LogP contribution in [0.25, 0.3) is 22.4 Å². The lowest BCUT2D eigenvalue weighted by atomic mass is 9.99. The molecule has 9 heteroatoms. The van der Waals surface area contributed by atoms with Gasteiger partial charge in [0.25, 0.3) is 5.91 Å². The third-order valence-electron chi connectivity index (χ3n) is 6.68. The van der Waals surface area contributed by atoms with E-state index in [0.29, 0.717) is 40.8 Å². The Balaban J connectivity index is 1.44. The third-order valence-corrected chi connectivity index (χ3v) is 7.11. The van der Waals surface area contributed by atoms with Crippen molar-refractivity contribution < 1.29 is 9.53 Å². The van der Waals surface area contributed by atoms with Crippen molar-refractivity contribution in [1.82, 2.24) is 14.5 Å². The largest absolute Gasteiger partial charge is 0.383 e. The predicted molar refractivity (Wildman–Crippen MR) is 152 cm³/mol. The lowest BCUT2D eigenvalue weighted by molar-refractivity contribution is 0.0612. The van der Waals surface area contributed by atoms with Gasteiger partial charge in [-0.2, -0.15) is 0 Å². The zero-order chi connectivity index (χ0) is 26.6. The number of halogens is 1. The minimum Gasteiger partial charge on any atom is -0.383 e. The number of aryl methyl sites for hydroxylation is 1. The first kappa shape index (κ1) is 25.8. The number of nitrogens with two attached hydrogens (primary N) is 1. The second kappa shape index (κ2) is 11.3. The molecule has 1 aromatic carbocycles. The monoisotopic (exact) mass is 573 g/mol. The molecule has 0 radical (unpaired) electrons. The van der Waals surface area contributed by atoms with E-state index < -0.39 is 5.91 Å². The fraction of sp³-hybridized carbons (Fsp3) is 0.241. The highest BCUT2D eigenvalue weighted by atomic mass is 79.9. The third kappa shape index (κ3) is 5.84. The normalized spacial score (nSPS) is 13.8. The van der Waals surface area contributed by atoms with E-state index in [2.05, 4.69) is 31.2 Å². The van der Waals surface area contributed by atoms with Crippen molar-refractivity contribution in [3.05, 3.63) is 93.1 Å². The number of hydrogen-bond acceptors (Lipinski definition) is 6. The quantitative estimate of drug-likeness (QED) is 0.323. The molecule has 1 saturated heterocycles. The number of anilines is 2. The van der Waals surface area contributed by atoms with Gasteiger partial charge in [-0.15, -0.1) is 0 Å². The van der Waals surface area contributed by atoms with E-state index in [-0.39, 0.29) is 11.0 Å². The summed E-state index contributed by atoms with van der Waals surface area (Å²) in [6.07, 6.45) is 8.56. The molecule has 38 heavy (non-hydrogen) atoms. The number of nitrogens with zero attached hydrogens (tertiary/aromatic N) is 3. The first-order chi connectivity index (χ1) is 18.4. The highest BCUT2D eigenvalue weighted by molar-refractivity contribution is 9.10. The van der Waals surface area contributed by atoms with Gasteiger partial charge in [0.15, 0.2) is 0 Å². The number of carbonyl (C=O) groups is 1. The standard InChI is InChI=1S/C29H28BrN5O3/c1-18-2-4-20(5-3-18)24-16-35(15-19-8-10-38-11-9-19)17-25(27(24)36)29(37)34-22-6-7-26(32-14-22)23-12-21(30)13-33-28(23)31/h2-7,12-14,16-17,19H,8-11,15H2,1H3,(H2,31,33)(H,34,37). The maximum atomic E-state index is 13.5. The molecule has 8 nitrogen and oxygen atoms in total. The van der Waals surface area contributed by atoms with E-state index in [9.17, 15) is 9.59 Å². The lowest BCUT2D eigenvalue weighted by Gasteiger charge is -2.23. The summed E-state index contributed by atoms with van der Waals surface area (Å²) in [5.74, 6) is 0.295. The van der Waals surface area contributed by atoms with Crippen molar-refractivity contribution >= 4 is 33.3 Å². The number of benzene rings is 1. The maximum Gasteiger partial charge on any atom is 0.261 e. The number of amides is 1. The van der Waals surface area contributed by atoms with E-state index in [1.807, 2.05) is 48.0 Å². The number of hydrogen-bond donors (Lipinski definition) is 2. The van der Waals surface area contributed by atoms with Crippen LogP contribution in [0.2, 0.25) is 0 Å². The van der Waals surface area contributed by atoms with Crippen LogP contribution in [-0.2, 0) is 11.3 Å². The van der Waals surface area contributed by atoms with Gasteiger partial charge >= 0.3 is 0 Å². The molecule has 194 valence electrons. The minimum atomic E-state index is -0.483. The van der Waals surface area contributed by atoms with Gasteiger partial charge in [0.1, 0.15) is 11.4 Å². The van der Waals surface area contributed by atoms with Crippen molar-refractivity contribution in [2.24, 2.45) is 5.92 Å². The molecule has 1 amide bonds. The van der Waals surface area contributed by atoms with Gasteiger partial charge in [-0.3, -0.25) is 14.6 Å². The van der Waals surface area contributed by atoms with E-state index in [1.165, 1.54) is 6.20 Å². The number of nitrogen functional groups attached to an aromatic ring is 1. The van der Waals surface area contributed by atoms with Gasteiger partial charge in [-0.1, -0.05) is 29.8 Å². The number of pyridine rings is 3. The Hall–Kier alpha value is -3.82. The van der Waals surface area contributed by atoms with E-state index in [0.717, 1.165) is 41.7 Å². The molecule has 1 aliphatic heterocycles. The molecule has 5 rings (SSSR count). The molecular weight excluding hydrogens is 546 g/mol. The maximum absolute atomic E-state index is 13.5. The summed E-state index contributed by atoms with van der Waals surface area (Å²) in [5, 5.41) is 2.83. The summed E-state index contributed by atoms with van der Waals surface area (Å²) >= 11 is 3.40. The number of nitrogens with one attached hydrogen (secondary N) is 1. The second-order valence-corrected chi connectivity index (χ2v) is 10.4. The zero-order valence-corrected chi connectivity index (χ0v) is 22.6. The van der Waals surface area contributed by atoms with Gasteiger partial charge in [0.05, 0.1) is 17.6 Å². The smallest absolute Gasteiger partial charge is 0.261 e. The van der Waals surface area contributed by atoms with Gasteiger partial charge < -0.3 is 20.4 Å². The molecule has 0 saturated carbocycles. The zero-order valence-electron chi connectivity index (χ0n) is 21.0. The van der Waals surface area contributed by atoms with Crippen LogP contribution in [0.3, 0.4) is 0 Å². The van der Waals surface area contributed by atoms with Crippen LogP contribution < -0.4 is 16.5 Å². The van der Waals surface area contributed by atoms with Crippen LogP contribution in [0, 0.1) is 12.8 Å². The van der Waals surface area contributed by atoms with Gasteiger partial charge in [0, 0.05) is 53.9 Å². The summed E-state index contributed by atoms with van der Waals surface area (Å²) in [6, 6.07) is 13.1. The molecule has 0 bridgehead atoms. The second-order valence-electron chi connectivity index (χ2n) is 9.51. The Morgan fingerprint density at radius 3 is 2.55 bits per heavy atom. The number of ether oxygens (including phenoxy) is 1. The Morgan fingerprint density at radius 1 is 1.08 bits per heavy atom. The van der Waals surface area contributed by atoms with Crippen molar-refractivity contribution in [2.45, 2.75) is 26.3 Å². The van der Waals surface area contributed by atoms with Crippen LogP contribution in [-0.4, -0.2) is 33.7 Å². The Labute approximate surface area is 229 Å². The molecular formula is C29H28BrN5O3. The Bertz CT molecular complexity index is 1510. The highest BCUT2D eigenvalue weighted by Gasteiger charge is 2.20. The summed E-state index contributed by atoms with van der Waals surface area (Å²) in [4.78, 5) is 35.4. The predicted octanol–water partition coefficient (Wildman–Crippen LogP) is 5.30. The fourth-order valence-corrected chi connectivity index (χ4v) is 4.88. The molecule has 3 aromatic heterocycles. The molecule has 1 fully saturated rings. The number of carbonyl (C=O) groups excluding carboxylic acids is 1. The molecule has 4 aromatic rings. The van der Waals surface area contributed by atoms with Crippen LogP contribution in [0.1, 0.15) is 28.8 Å². The van der Waals surface area contributed by atoms with E-state index in [4.69, 9.17) is 10.5 Å². The number of aromatic nitrogens is 3. The topological polar surface area (TPSA) is 112 Å². The van der Waals surface area contributed by atoms with Crippen molar-refractivity contribution in [3.63, 3.8) is 0 Å². The van der Waals surface area contributed by atoms with Crippen LogP contribution in [0.4, 0.5) is 11.5 Å². The minimum absolute atomic E-state index is 0.0830. The first-order valence-corrected chi connectivity index (χ1v) is 13.2. The summed E-state index contributed by atoms with van der Waals surface area (Å²) in [7, 11) is 0. The van der Waals surface area contributed by atoms with Gasteiger partial charge in [-0.25, -0.2) is 4.98 Å². The van der Waals surface area contributed by atoms with Crippen LogP contribution >= 0.6 is 15.9 Å². The molecule has 1 aliphatic rings. The summed E-state index contributed by atoms with van der Waals surface area (Å²) in [5.41, 5.74) is 9.91. The molecule has 4 heterocycles. The first-order valence-electron chi connectivity index (χ1n) is 12.4. The summed E-state index contributed by atoms with van der Waals surface area (Å²) in [6.45, 7) is 4.17. The van der Waals surface area contributed by atoms with Crippen molar-refractivity contribution in [2.75, 3.05) is 24.3 Å². The Kier molecular flexibility index (Phi) is 7.67. The SMILES string of the molecule is Cc1ccc(-c2cn(CC3CCOCC3)cc(C(=O)Nc3ccc(-c4cc(Br)cnc4N)nc3)c2=O)cc1. The van der Waals surface area contributed by atoms with Crippen molar-refractivity contribution in [3.8, 4) is 22.4 Å². The van der Waals surface area contributed by atoms with E-state index >= 15 is 0 Å². The number of rotatable bonds is 6. The lowest BCUT2D eigenvalue weighted by Crippen LogP contribution is -2.26. The highest BCUT2D eigenvalue weighted by Crippen LogP contribution is 2.26. The molecule has 3 N–H and O–H groups in total.